The molecule has 17 heavy (non-hydrogen) atoms. The molecule has 0 saturated carbocycles. The minimum atomic E-state index is 0.253. The monoisotopic (exact) mass is 234 g/mol. The molecule has 1 atom stereocenters. The summed E-state index contributed by atoms with van der Waals surface area (Å²) >= 11 is 0. The lowest BCUT2D eigenvalue weighted by Gasteiger charge is -2.21. The van der Waals surface area contributed by atoms with Crippen molar-refractivity contribution < 1.29 is 0 Å². The number of nitrogens with one attached hydrogen (secondary N) is 2. The maximum atomic E-state index is 5.67. The fourth-order valence-corrected chi connectivity index (χ4v) is 1.87. The molecule has 0 amide bonds. The third kappa shape index (κ3) is 2.30. The highest BCUT2D eigenvalue weighted by Gasteiger charge is 2.15. The smallest absolute Gasteiger partial charge is 0.224 e. The van der Waals surface area contributed by atoms with Gasteiger partial charge in [0.2, 0.25) is 5.95 Å². The van der Waals surface area contributed by atoms with E-state index in [1.807, 2.05) is 0 Å². The molecular formula is C11H18N6. The lowest BCUT2D eigenvalue weighted by molar-refractivity contribution is 0.510. The molecular weight excluding hydrogens is 216 g/mol. The summed E-state index contributed by atoms with van der Waals surface area (Å²) in [5, 5.41) is 3.38. The first-order valence-corrected chi connectivity index (χ1v) is 5.85. The fraction of sp³-hybridized carbons (Fsp3) is 0.545. The van der Waals surface area contributed by atoms with Gasteiger partial charge in [-0.2, -0.15) is 9.97 Å². The zero-order chi connectivity index (χ0) is 12.4. The van der Waals surface area contributed by atoms with Crippen LogP contribution in [0.4, 0.5) is 11.8 Å². The highest BCUT2D eigenvalue weighted by Crippen LogP contribution is 2.20. The van der Waals surface area contributed by atoms with Gasteiger partial charge in [-0.05, 0) is 12.3 Å². The molecule has 0 radical (unpaired) electrons. The molecule has 2 heterocycles. The second-order valence-electron chi connectivity index (χ2n) is 4.43. The van der Waals surface area contributed by atoms with E-state index in [4.69, 9.17) is 5.73 Å². The largest absolute Gasteiger partial charge is 0.368 e. The van der Waals surface area contributed by atoms with Crippen molar-refractivity contribution in [2.24, 2.45) is 5.92 Å². The number of rotatable bonds is 4. The molecule has 6 nitrogen and oxygen atoms in total. The van der Waals surface area contributed by atoms with Crippen LogP contribution >= 0.6 is 0 Å². The van der Waals surface area contributed by atoms with Crippen LogP contribution in [0.25, 0.3) is 11.2 Å². The molecule has 0 aliphatic heterocycles. The molecule has 92 valence electrons. The van der Waals surface area contributed by atoms with E-state index in [0.717, 1.165) is 11.9 Å². The molecule has 6 heteroatoms. The molecule has 4 N–H and O–H groups in total. The van der Waals surface area contributed by atoms with Crippen molar-refractivity contribution in [3.63, 3.8) is 0 Å². The Labute approximate surface area is 100 Å². The van der Waals surface area contributed by atoms with Crippen LogP contribution in [-0.4, -0.2) is 26.0 Å². The Balaban J connectivity index is 2.37. The summed E-state index contributed by atoms with van der Waals surface area (Å²) in [5.74, 6) is 1.47. The van der Waals surface area contributed by atoms with E-state index in [1.165, 1.54) is 0 Å². The van der Waals surface area contributed by atoms with Gasteiger partial charge in [-0.15, -0.1) is 0 Å². The normalized spacial score (nSPS) is 13.2. The third-order valence-electron chi connectivity index (χ3n) is 2.86. The number of hydrogen-bond donors (Lipinski definition) is 3. The fourth-order valence-electron chi connectivity index (χ4n) is 1.87. The van der Waals surface area contributed by atoms with Crippen molar-refractivity contribution >= 4 is 22.9 Å². The molecule has 2 aromatic heterocycles. The maximum absolute atomic E-state index is 5.67. The Morgan fingerprint density at radius 3 is 2.82 bits per heavy atom. The van der Waals surface area contributed by atoms with Gasteiger partial charge in [-0.1, -0.05) is 20.8 Å². The Kier molecular flexibility index (Phi) is 3.12. The molecule has 0 aliphatic carbocycles. The number of aromatic nitrogens is 4. The van der Waals surface area contributed by atoms with Gasteiger partial charge in [0, 0.05) is 6.04 Å². The number of H-pyrrole nitrogens is 1. The lowest BCUT2D eigenvalue weighted by atomic mass is 10.0. The lowest BCUT2D eigenvalue weighted by Crippen LogP contribution is -2.25. The molecule has 2 rings (SSSR count). The third-order valence-corrected chi connectivity index (χ3v) is 2.86. The number of aromatic amines is 1. The number of fused-ring (bicyclic) bond motifs is 1. The van der Waals surface area contributed by atoms with Crippen molar-refractivity contribution in [2.45, 2.75) is 33.2 Å². The highest BCUT2D eigenvalue weighted by atomic mass is 15.1. The molecule has 0 unspecified atom stereocenters. The Morgan fingerprint density at radius 2 is 2.18 bits per heavy atom. The van der Waals surface area contributed by atoms with Crippen LogP contribution in [-0.2, 0) is 0 Å². The standard InChI is InChI=1S/C11H18N6/c1-4-7(6(2)3)15-10-8-9(14-5-13-8)16-11(12)17-10/h5-7H,4H2,1-3H3,(H4,12,13,14,15,16,17)/t7-/m1/s1. The number of nitrogen functional groups attached to an aromatic ring is 1. The van der Waals surface area contributed by atoms with Crippen LogP contribution in [0.5, 0.6) is 0 Å². The summed E-state index contributed by atoms with van der Waals surface area (Å²) in [4.78, 5) is 15.4. The predicted molar refractivity (Wildman–Crippen MR) is 68.6 cm³/mol. The molecule has 2 aromatic rings. The SMILES string of the molecule is CC[C@@H](Nc1nc(N)nc2[nH]cnc12)C(C)C. The van der Waals surface area contributed by atoms with Crippen LogP contribution in [0.1, 0.15) is 27.2 Å². The van der Waals surface area contributed by atoms with E-state index in [-0.39, 0.29) is 5.95 Å². The van der Waals surface area contributed by atoms with Crippen LogP contribution in [0.15, 0.2) is 6.33 Å². The molecule has 0 aromatic carbocycles. The van der Waals surface area contributed by atoms with Gasteiger partial charge >= 0.3 is 0 Å². The van der Waals surface area contributed by atoms with Gasteiger partial charge in [-0.25, -0.2) is 4.98 Å². The summed E-state index contributed by atoms with van der Waals surface area (Å²) < 4.78 is 0. The maximum Gasteiger partial charge on any atom is 0.224 e. The van der Waals surface area contributed by atoms with E-state index >= 15 is 0 Å². The Hall–Kier alpha value is -1.85. The van der Waals surface area contributed by atoms with Gasteiger partial charge in [0.25, 0.3) is 0 Å². The van der Waals surface area contributed by atoms with E-state index < -0.39 is 0 Å². The van der Waals surface area contributed by atoms with Crippen molar-refractivity contribution in [1.82, 2.24) is 19.9 Å². The zero-order valence-electron chi connectivity index (χ0n) is 10.4. The van der Waals surface area contributed by atoms with Gasteiger partial charge in [-0.3, -0.25) is 0 Å². The van der Waals surface area contributed by atoms with E-state index in [9.17, 15) is 0 Å². The quantitative estimate of drug-likeness (QED) is 0.750. The Morgan fingerprint density at radius 1 is 1.41 bits per heavy atom. The number of nitrogens with zero attached hydrogens (tertiary/aromatic N) is 3. The molecule has 0 saturated heterocycles. The first-order chi connectivity index (χ1) is 8.11. The number of anilines is 2. The van der Waals surface area contributed by atoms with E-state index in [2.05, 4.69) is 46.0 Å². The minimum Gasteiger partial charge on any atom is -0.368 e. The van der Waals surface area contributed by atoms with Crippen molar-refractivity contribution in [3.05, 3.63) is 6.33 Å². The summed E-state index contributed by atoms with van der Waals surface area (Å²) in [5.41, 5.74) is 7.07. The first kappa shape index (κ1) is 11.6. The van der Waals surface area contributed by atoms with Crippen LogP contribution in [0.2, 0.25) is 0 Å². The molecule has 0 fully saturated rings. The highest BCUT2D eigenvalue weighted by molar-refractivity contribution is 5.83. The second-order valence-corrected chi connectivity index (χ2v) is 4.43. The van der Waals surface area contributed by atoms with Crippen LogP contribution in [0.3, 0.4) is 0 Å². The summed E-state index contributed by atoms with van der Waals surface area (Å²) in [6, 6.07) is 0.351. The van der Waals surface area contributed by atoms with Gasteiger partial charge in [0.1, 0.15) is 5.52 Å². The van der Waals surface area contributed by atoms with Crippen LogP contribution in [0, 0.1) is 5.92 Å². The summed E-state index contributed by atoms with van der Waals surface area (Å²) in [7, 11) is 0. The van der Waals surface area contributed by atoms with E-state index in [0.29, 0.717) is 23.4 Å². The summed E-state index contributed by atoms with van der Waals surface area (Å²) in [6.07, 6.45) is 2.62. The number of nitrogens with two attached hydrogens (primary N) is 1. The second kappa shape index (κ2) is 4.57. The Bertz CT molecular complexity index is 504. The number of hydrogen-bond acceptors (Lipinski definition) is 5. The topological polar surface area (TPSA) is 92.5 Å². The number of imidazole rings is 1. The van der Waals surface area contributed by atoms with Crippen molar-refractivity contribution in [1.29, 1.82) is 0 Å². The predicted octanol–water partition coefficient (Wildman–Crippen LogP) is 1.78. The van der Waals surface area contributed by atoms with Gasteiger partial charge in [0.05, 0.1) is 6.33 Å². The average Bonchev–Trinajstić information content (AvgIpc) is 2.72. The van der Waals surface area contributed by atoms with Gasteiger partial charge < -0.3 is 16.0 Å². The molecule has 0 aliphatic rings. The molecule has 0 bridgehead atoms. The molecule has 0 spiro atoms. The van der Waals surface area contributed by atoms with Gasteiger partial charge in [0.15, 0.2) is 11.5 Å². The van der Waals surface area contributed by atoms with Crippen LogP contribution < -0.4 is 11.1 Å². The average molecular weight is 234 g/mol. The van der Waals surface area contributed by atoms with Crippen molar-refractivity contribution in [2.75, 3.05) is 11.1 Å². The summed E-state index contributed by atoms with van der Waals surface area (Å²) in [6.45, 7) is 6.49. The van der Waals surface area contributed by atoms with E-state index in [1.54, 1.807) is 6.33 Å². The first-order valence-electron chi connectivity index (χ1n) is 5.85. The zero-order valence-corrected chi connectivity index (χ0v) is 10.4. The van der Waals surface area contributed by atoms with Crippen molar-refractivity contribution in [3.8, 4) is 0 Å². The minimum absolute atomic E-state index is 0.253.